The Morgan fingerprint density at radius 1 is 1.03 bits per heavy atom. The van der Waals surface area contributed by atoms with Crippen LogP contribution in [0.2, 0.25) is 0 Å². The number of aromatic amines is 1. The number of nitrogens with zero attached hydrogens (tertiary/aromatic N) is 2. The number of amides is 1. The molecule has 176 valence electrons. The highest BCUT2D eigenvalue weighted by Gasteiger charge is 2.73. The maximum absolute atomic E-state index is 15.1. The summed E-state index contributed by atoms with van der Waals surface area (Å²) in [6, 6.07) is 7.51. The second kappa shape index (κ2) is 7.20. The Morgan fingerprint density at radius 2 is 1.64 bits per heavy atom. The lowest BCUT2D eigenvalue weighted by molar-refractivity contribution is -0.189. The van der Waals surface area contributed by atoms with Gasteiger partial charge in [0, 0.05) is 29.4 Å². The van der Waals surface area contributed by atoms with Crippen molar-refractivity contribution in [1.82, 2.24) is 14.7 Å². The van der Waals surface area contributed by atoms with Crippen LogP contribution in [0, 0.1) is 12.3 Å². The molecule has 1 atom stereocenters. The van der Waals surface area contributed by atoms with Gasteiger partial charge in [0.1, 0.15) is 0 Å². The molecule has 1 aliphatic carbocycles. The minimum atomic E-state index is -5.20. The second-order valence-corrected chi connectivity index (χ2v) is 9.87. The Kier molecular flexibility index (Phi) is 5.03. The molecule has 1 unspecified atom stereocenters. The molecule has 2 aromatic rings. The lowest BCUT2D eigenvalue weighted by Crippen LogP contribution is -2.56. The first-order valence-electron chi connectivity index (χ1n) is 10.8. The minimum absolute atomic E-state index is 0.0693. The molecule has 0 radical (unpaired) electrons. The molecular formula is C24H26F3N3O3. The summed E-state index contributed by atoms with van der Waals surface area (Å²) in [4.78, 5) is 41.6. The zero-order chi connectivity index (χ0) is 24.5. The number of rotatable bonds is 3. The molecule has 0 fully saturated rings. The number of H-pyrrole nitrogens is 1. The van der Waals surface area contributed by atoms with Gasteiger partial charge >= 0.3 is 6.18 Å². The average molecular weight is 461 g/mol. The molecular weight excluding hydrogens is 435 g/mol. The molecule has 1 N–H and O–H groups in total. The fourth-order valence-corrected chi connectivity index (χ4v) is 5.26. The molecule has 2 aliphatic rings. The Balaban J connectivity index is 2.11. The fourth-order valence-electron chi connectivity index (χ4n) is 5.26. The van der Waals surface area contributed by atoms with Gasteiger partial charge in [-0.3, -0.25) is 19.5 Å². The van der Waals surface area contributed by atoms with E-state index in [1.54, 1.807) is 58.0 Å². The van der Waals surface area contributed by atoms with E-state index in [0.717, 1.165) is 9.58 Å². The van der Waals surface area contributed by atoms with Gasteiger partial charge in [0.2, 0.25) is 5.41 Å². The Bertz CT molecular complexity index is 1240. The Morgan fingerprint density at radius 3 is 2.18 bits per heavy atom. The average Bonchev–Trinajstić information content (AvgIpc) is 3.12. The van der Waals surface area contributed by atoms with Gasteiger partial charge in [-0.1, -0.05) is 32.0 Å². The molecule has 2 heterocycles. The van der Waals surface area contributed by atoms with E-state index in [0.29, 0.717) is 5.69 Å². The highest BCUT2D eigenvalue weighted by Crippen LogP contribution is 2.57. The van der Waals surface area contributed by atoms with Crippen molar-refractivity contribution in [2.45, 2.75) is 65.1 Å². The maximum Gasteiger partial charge on any atom is 0.411 e. The molecule has 1 aromatic carbocycles. The van der Waals surface area contributed by atoms with Gasteiger partial charge < -0.3 is 4.90 Å². The van der Waals surface area contributed by atoms with Crippen molar-refractivity contribution in [3.05, 3.63) is 63.2 Å². The van der Waals surface area contributed by atoms with Crippen LogP contribution in [0.15, 0.2) is 46.4 Å². The van der Waals surface area contributed by atoms with Crippen LogP contribution in [0.4, 0.5) is 13.2 Å². The number of carbonyl (C=O) groups is 2. The molecule has 0 saturated carbocycles. The predicted molar refractivity (Wildman–Crippen MR) is 116 cm³/mol. The lowest BCUT2D eigenvalue weighted by atomic mass is 9.66. The number of alkyl halides is 3. The Labute approximate surface area is 189 Å². The van der Waals surface area contributed by atoms with Crippen molar-refractivity contribution >= 4 is 11.7 Å². The van der Waals surface area contributed by atoms with Gasteiger partial charge in [-0.15, -0.1) is 0 Å². The van der Waals surface area contributed by atoms with Crippen molar-refractivity contribution in [2.24, 2.45) is 5.41 Å². The summed E-state index contributed by atoms with van der Waals surface area (Å²) in [5.41, 5.74) is -6.02. The molecule has 0 bridgehead atoms. The number of hydrogen-bond donors (Lipinski definition) is 1. The number of ketones is 1. The van der Waals surface area contributed by atoms with Gasteiger partial charge in [-0.05, 0) is 44.7 Å². The first-order chi connectivity index (χ1) is 15.2. The third kappa shape index (κ3) is 3.12. The normalized spacial score (nSPS) is 23.0. The minimum Gasteiger partial charge on any atom is -0.312 e. The van der Waals surface area contributed by atoms with Crippen LogP contribution in [-0.2, 0) is 15.0 Å². The predicted octanol–water partition coefficient (Wildman–Crippen LogP) is 4.17. The summed E-state index contributed by atoms with van der Waals surface area (Å²) in [5.74, 6) is -2.04. The highest BCUT2D eigenvalue weighted by atomic mass is 19.4. The summed E-state index contributed by atoms with van der Waals surface area (Å²) in [7, 11) is 0. The van der Waals surface area contributed by atoms with Gasteiger partial charge in [0.05, 0.1) is 11.3 Å². The summed E-state index contributed by atoms with van der Waals surface area (Å²) in [6.45, 7) is 8.11. The van der Waals surface area contributed by atoms with Crippen LogP contribution in [0.1, 0.15) is 51.8 Å². The molecule has 6 nitrogen and oxygen atoms in total. The number of nitrogens with one attached hydrogen (secondary N) is 1. The van der Waals surface area contributed by atoms with Crippen LogP contribution >= 0.6 is 0 Å². The van der Waals surface area contributed by atoms with Gasteiger partial charge in [-0.2, -0.15) is 13.2 Å². The van der Waals surface area contributed by atoms with Crippen molar-refractivity contribution in [2.75, 3.05) is 0 Å². The summed E-state index contributed by atoms with van der Waals surface area (Å²) >= 11 is 0. The van der Waals surface area contributed by atoms with E-state index in [9.17, 15) is 14.4 Å². The van der Waals surface area contributed by atoms with Crippen LogP contribution < -0.4 is 5.56 Å². The summed E-state index contributed by atoms with van der Waals surface area (Å²) in [6.07, 6.45) is -5.21. The van der Waals surface area contributed by atoms with E-state index in [2.05, 4.69) is 5.10 Å². The lowest BCUT2D eigenvalue weighted by Gasteiger charge is -2.35. The van der Waals surface area contributed by atoms with Crippen molar-refractivity contribution in [3.8, 4) is 5.69 Å². The first kappa shape index (κ1) is 23.1. The maximum atomic E-state index is 15.1. The molecule has 0 saturated heterocycles. The zero-order valence-corrected chi connectivity index (χ0v) is 19.1. The third-order valence-corrected chi connectivity index (χ3v) is 6.46. The molecule has 33 heavy (non-hydrogen) atoms. The standard InChI is InChI=1S/C24H26F3N3O3/c1-13(2)29-16-11-22(4,5)12-17(31)19(16)23(21(29)33,24(25,26)27)18-14(3)28-30(20(18)32)15-9-7-6-8-10-15/h6-10,13,28H,11-12H2,1-5H3. The van der Waals surface area contributed by atoms with E-state index < -0.39 is 51.4 Å². The molecule has 0 spiro atoms. The number of allylic oxidation sites excluding steroid dienone is 1. The molecule has 1 aliphatic heterocycles. The first-order valence-corrected chi connectivity index (χ1v) is 10.8. The van der Waals surface area contributed by atoms with Crippen molar-refractivity contribution in [3.63, 3.8) is 0 Å². The van der Waals surface area contributed by atoms with E-state index in [1.807, 2.05) is 0 Å². The van der Waals surface area contributed by atoms with Gasteiger partial charge in [-0.25, -0.2) is 4.68 Å². The quantitative estimate of drug-likeness (QED) is 0.746. The number of para-hydroxylation sites is 1. The number of aryl methyl sites for hydroxylation is 1. The number of carbonyl (C=O) groups excluding carboxylic acids is 2. The molecule has 1 amide bonds. The summed E-state index contributed by atoms with van der Waals surface area (Å²) < 4.78 is 46.3. The number of halogens is 3. The number of Topliss-reactive ketones (excluding diaryl/α,β-unsaturated/α-hetero) is 1. The van der Waals surface area contributed by atoms with E-state index in [1.165, 1.54) is 6.92 Å². The zero-order valence-electron chi connectivity index (χ0n) is 19.1. The molecule has 1 aromatic heterocycles. The smallest absolute Gasteiger partial charge is 0.312 e. The van der Waals surface area contributed by atoms with Crippen LogP contribution in [-0.4, -0.2) is 38.6 Å². The monoisotopic (exact) mass is 461 g/mol. The second-order valence-electron chi connectivity index (χ2n) is 9.87. The van der Waals surface area contributed by atoms with Gasteiger partial charge in [0.15, 0.2) is 5.78 Å². The fraction of sp³-hybridized carbons (Fsp3) is 0.458. The van der Waals surface area contributed by atoms with Crippen LogP contribution in [0.3, 0.4) is 0 Å². The van der Waals surface area contributed by atoms with Crippen molar-refractivity contribution in [1.29, 1.82) is 0 Å². The number of benzene rings is 1. The van der Waals surface area contributed by atoms with E-state index in [-0.39, 0.29) is 24.2 Å². The van der Waals surface area contributed by atoms with Crippen LogP contribution in [0.25, 0.3) is 5.69 Å². The Hall–Kier alpha value is -3.10. The third-order valence-electron chi connectivity index (χ3n) is 6.46. The van der Waals surface area contributed by atoms with Crippen molar-refractivity contribution < 1.29 is 22.8 Å². The largest absolute Gasteiger partial charge is 0.411 e. The topological polar surface area (TPSA) is 75.2 Å². The highest BCUT2D eigenvalue weighted by molar-refractivity contribution is 6.13. The SMILES string of the molecule is Cc1[nH]n(-c2ccccc2)c(=O)c1C1(C(F)(F)F)C(=O)N(C(C)C)C2=C1C(=O)CC(C)(C)C2. The van der Waals surface area contributed by atoms with Gasteiger partial charge in [0.25, 0.3) is 11.5 Å². The molecule has 4 rings (SSSR count). The molecule has 9 heteroatoms. The van der Waals surface area contributed by atoms with Crippen LogP contribution in [0.5, 0.6) is 0 Å². The van der Waals surface area contributed by atoms with E-state index in [4.69, 9.17) is 0 Å². The summed E-state index contributed by atoms with van der Waals surface area (Å²) in [5, 5.41) is 2.69. The number of aromatic nitrogens is 2. The van der Waals surface area contributed by atoms with E-state index >= 15 is 13.2 Å². The number of hydrogen-bond acceptors (Lipinski definition) is 3.